The third-order valence-electron chi connectivity index (χ3n) is 4.76. The summed E-state index contributed by atoms with van der Waals surface area (Å²) in [6.07, 6.45) is 1.17. The van der Waals surface area contributed by atoms with Gasteiger partial charge in [-0.05, 0) is 57.7 Å². The zero-order valence-electron chi connectivity index (χ0n) is 11.9. The van der Waals surface area contributed by atoms with Crippen LogP contribution in [0.3, 0.4) is 0 Å². The second-order valence-electron chi connectivity index (χ2n) is 6.68. The van der Waals surface area contributed by atoms with Crippen LogP contribution in [-0.2, 0) is 9.31 Å². The quantitative estimate of drug-likeness (QED) is 0.751. The molecule has 0 N–H and O–H groups in total. The maximum Gasteiger partial charge on any atom is 0.461 e. The van der Waals surface area contributed by atoms with Crippen molar-refractivity contribution in [1.82, 2.24) is 0 Å². The molecule has 2 nitrogen and oxygen atoms in total. The molecular weight excluding hydrogens is 303 g/mol. The zero-order chi connectivity index (χ0) is 13.8. The first-order chi connectivity index (χ1) is 8.80. The highest BCUT2D eigenvalue weighted by Crippen LogP contribution is 2.58. The Hall–Kier alpha value is -0.315. The summed E-state index contributed by atoms with van der Waals surface area (Å²) in [5.74, 6) is 1.09. The van der Waals surface area contributed by atoms with E-state index in [-0.39, 0.29) is 18.3 Å². The molecule has 102 valence electrons. The molecule has 0 spiro atoms. The van der Waals surface area contributed by atoms with Gasteiger partial charge >= 0.3 is 7.12 Å². The molecule has 2 atom stereocenters. The van der Waals surface area contributed by atoms with E-state index in [0.29, 0.717) is 11.7 Å². The fourth-order valence-corrected chi connectivity index (χ4v) is 2.94. The third kappa shape index (κ3) is 2.39. The lowest BCUT2D eigenvalue weighted by Gasteiger charge is -2.32. The highest BCUT2D eigenvalue weighted by atomic mass is 79.9. The van der Waals surface area contributed by atoms with E-state index in [1.165, 1.54) is 12.0 Å². The molecule has 0 radical (unpaired) electrons. The maximum atomic E-state index is 6.13. The molecule has 1 aromatic rings. The van der Waals surface area contributed by atoms with Gasteiger partial charge < -0.3 is 9.31 Å². The van der Waals surface area contributed by atoms with Crippen LogP contribution in [0.15, 0.2) is 28.7 Å². The standard InChI is InChI=1S/C15H20BBrO2/c1-14(2)15(3,4)19-16(18-14)13-9-12(13)10-5-7-11(17)8-6-10/h5-8,12-13H,9H2,1-4H3/t12-,13+/m1/s1. The van der Waals surface area contributed by atoms with Crippen molar-refractivity contribution in [3.8, 4) is 0 Å². The number of hydrogen-bond acceptors (Lipinski definition) is 2. The molecular formula is C15H20BBrO2. The monoisotopic (exact) mass is 322 g/mol. The molecule has 2 aliphatic rings. The fraction of sp³-hybridized carbons (Fsp3) is 0.600. The summed E-state index contributed by atoms with van der Waals surface area (Å²) in [7, 11) is -0.0568. The summed E-state index contributed by atoms with van der Waals surface area (Å²) in [6, 6.07) is 8.60. The van der Waals surface area contributed by atoms with Crippen LogP contribution in [-0.4, -0.2) is 18.3 Å². The summed E-state index contributed by atoms with van der Waals surface area (Å²) in [4.78, 5) is 0. The number of hydrogen-bond donors (Lipinski definition) is 0. The molecule has 1 heterocycles. The summed E-state index contributed by atoms with van der Waals surface area (Å²) < 4.78 is 13.4. The topological polar surface area (TPSA) is 18.5 Å². The normalized spacial score (nSPS) is 31.5. The highest BCUT2D eigenvalue weighted by molar-refractivity contribution is 9.10. The van der Waals surface area contributed by atoms with E-state index >= 15 is 0 Å². The smallest absolute Gasteiger partial charge is 0.403 e. The first kappa shape index (κ1) is 13.7. The van der Waals surface area contributed by atoms with Gasteiger partial charge in [-0.1, -0.05) is 28.1 Å². The van der Waals surface area contributed by atoms with Crippen molar-refractivity contribution in [2.24, 2.45) is 0 Å². The van der Waals surface area contributed by atoms with Crippen LogP contribution in [0.2, 0.25) is 5.82 Å². The first-order valence-corrected chi connectivity index (χ1v) is 7.70. The van der Waals surface area contributed by atoms with Gasteiger partial charge in [-0.15, -0.1) is 0 Å². The van der Waals surface area contributed by atoms with Crippen LogP contribution in [0.4, 0.5) is 0 Å². The van der Waals surface area contributed by atoms with Crippen molar-refractivity contribution in [1.29, 1.82) is 0 Å². The minimum absolute atomic E-state index is 0.0568. The molecule has 0 aromatic heterocycles. The van der Waals surface area contributed by atoms with Crippen LogP contribution in [0.5, 0.6) is 0 Å². The second kappa shape index (κ2) is 4.34. The Morgan fingerprint density at radius 3 is 2.11 bits per heavy atom. The number of halogens is 1. The predicted molar refractivity (Wildman–Crippen MR) is 81.3 cm³/mol. The van der Waals surface area contributed by atoms with Gasteiger partial charge in [-0.3, -0.25) is 0 Å². The maximum absolute atomic E-state index is 6.13. The Balaban J connectivity index is 1.70. The van der Waals surface area contributed by atoms with E-state index in [4.69, 9.17) is 9.31 Å². The Kier molecular flexibility index (Phi) is 3.12. The van der Waals surface area contributed by atoms with Crippen molar-refractivity contribution >= 4 is 23.0 Å². The number of benzene rings is 1. The Morgan fingerprint density at radius 1 is 1.05 bits per heavy atom. The van der Waals surface area contributed by atoms with Crippen LogP contribution in [0.1, 0.15) is 45.6 Å². The molecule has 0 unspecified atom stereocenters. The second-order valence-corrected chi connectivity index (χ2v) is 7.60. The Morgan fingerprint density at radius 2 is 1.58 bits per heavy atom. The summed E-state index contributed by atoms with van der Waals surface area (Å²) in [6.45, 7) is 8.46. The Bertz CT molecular complexity index is 467. The average molecular weight is 323 g/mol. The summed E-state index contributed by atoms with van der Waals surface area (Å²) >= 11 is 3.48. The molecule has 3 rings (SSSR count). The zero-order valence-corrected chi connectivity index (χ0v) is 13.5. The lowest BCUT2D eigenvalue weighted by molar-refractivity contribution is 0.00578. The van der Waals surface area contributed by atoms with Gasteiger partial charge in [0.1, 0.15) is 0 Å². The largest absolute Gasteiger partial charge is 0.461 e. The van der Waals surface area contributed by atoms with Gasteiger partial charge in [0, 0.05) is 10.3 Å². The predicted octanol–water partition coefficient (Wildman–Crippen LogP) is 4.40. The van der Waals surface area contributed by atoms with Crippen molar-refractivity contribution in [2.45, 2.75) is 57.1 Å². The van der Waals surface area contributed by atoms with Gasteiger partial charge in [0.25, 0.3) is 0 Å². The van der Waals surface area contributed by atoms with Crippen LogP contribution in [0, 0.1) is 0 Å². The van der Waals surface area contributed by atoms with Crippen molar-refractivity contribution in [2.75, 3.05) is 0 Å². The third-order valence-corrected chi connectivity index (χ3v) is 5.29. The van der Waals surface area contributed by atoms with Gasteiger partial charge in [0.05, 0.1) is 11.2 Å². The van der Waals surface area contributed by atoms with E-state index in [1.54, 1.807) is 0 Å². The minimum atomic E-state index is -0.218. The van der Waals surface area contributed by atoms with Gasteiger partial charge in [0.15, 0.2) is 0 Å². The van der Waals surface area contributed by atoms with Crippen molar-refractivity contribution in [3.63, 3.8) is 0 Å². The Labute approximate surface area is 124 Å². The first-order valence-electron chi connectivity index (χ1n) is 6.91. The lowest BCUT2D eigenvalue weighted by atomic mass is 9.79. The molecule has 4 heteroatoms. The van der Waals surface area contributed by atoms with E-state index in [2.05, 4.69) is 67.9 Å². The van der Waals surface area contributed by atoms with E-state index in [9.17, 15) is 0 Å². The average Bonchev–Trinajstić information content (AvgIpc) is 3.04. The van der Waals surface area contributed by atoms with Crippen LogP contribution < -0.4 is 0 Å². The molecule has 19 heavy (non-hydrogen) atoms. The molecule has 1 aromatic carbocycles. The fourth-order valence-electron chi connectivity index (χ4n) is 2.67. The van der Waals surface area contributed by atoms with Gasteiger partial charge in [0.2, 0.25) is 0 Å². The molecule has 0 bridgehead atoms. The number of rotatable bonds is 2. The van der Waals surface area contributed by atoms with Gasteiger partial charge in [-0.25, -0.2) is 0 Å². The van der Waals surface area contributed by atoms with E-state index < -0.39 is 0 Å². The molecule has 1 aliphatic heterocycles. The minimum Gasteiger partial charge on any atom is -0.403 e. The SMILES string of the molecule is CC1(C)OB([C@H]2C[C@@H]2c2ccc(Br)cc2)OC1(C)C. The van der Waals surface area contributed by atoms with Crippen LogP contribution >= 0.6 is 15.9 Å². The molecule has 2 fully saturated rings. The molecule has 1 aliphatic carbocycles. The van der Waals surface area contributed by atoms with Crippen molar-refractivity contribution < 1.29 is 9.31 Å². The van der Waals surface area contributed by atoms with E-state index in [1.807, 2.05) is 0 Å². The molecule has 0 amide bonds. The van der Waals surface area contributed by atoms with Crippen molar-refractivity contribution in [3.05, 3.63) is 34.3 Å². The summed E-state index contributed by atoms with van der Waals surface area (Å²) in [5, 5.41) is 0. The van der Waals surface area contributed by atoms with Gasteiger partial charge in [-0.2, -0.15) is 0 Å². The summed E-state index contributed by atoms with van der Waals surface area (Å²) in [5.41, 5.74) is 0.956. The highest BCUT2D eigenvalue weighted by Gasteiger charge is 2.59. The molecule has 1 saturated carbocycles. The van der Waals surface area contributed by atoms with E-state index in [0.717, 1.165) is 4.47 Å². The van der Waals surface area contributed by atoms with Crippen LogP contribution in [0.25, 0.3) is 0 Å². The lowest BCUT2D eigenvalue weighted by Crippen LogP contribution is -2.41. The molecule has 1 saturated heterocycles.